The van der Waals surface area contributed by atoms with Crippen LogP contribution in [0.25, 0.3) is 6.08 Å². The van der Waals surface area contributed by atoms with Gasteiger partial charge in [0.2, 0.25) is 5.96 Å². The molecule has 1 heterocycles. The fourth-order valence-electron chi connectivity index (χ4n) is 2.44. The third-order valence-electron chi connectivity index (χ3n) is 3.83. The van der Waals surface area contributed by atoms with Gasteiger partial charge in [-0.1, -0.05) is 29.8 Å². The van der Waals surface area contributed by atoms with Gasteiger partial charge in [0.15, 0.2) is 0 Å². The van der Waals surface area contributed by atoms with Crippen molar-refractivity contribution in [3.8, 4) is 5.75 Å². The van der Waals surface area contributed by atoms with Crippen molar-refractivity contribution in [1.82, 2.24) is 10.2 Å². The molecule has 2 aromatic carbocycles. The van der Waals surface area contributed by atoms with Crippen molar-refractivity contribution >= 4 is 41.3 Å². The summed E-state index contributed by atoms with van der Waals surface area (Å²) in [7, 11) is 3.24. The van der Waals surface area contributed by atoms with E-state index in [9.17, 15) is 9.59 Å². The van der Waals surface area contributed by atoms with Gasteiger partial charge in [0.1, 0.15) is 11.4 Å². The molecule has 0 bridgehead atoms. The number of hydrogen-bond acceptors (Lipinski definition) is 4. The molecule has 2 aromatic rings. The Hall–Kier alpha value is -3.32. The number of halogens is 1. The maximum absolute atomic E-state index is 12.2. The molecule has 0 radical (unpaired) electrons. The first-order valence-corrected chi connectivity index (χ1v) is 8.40. The average Bonchev–Trinajstić information content (AvgIpc) is 2.89. The zero-order valence-electron chi connectivity index (χ0n) is 14.7. The van der Waals surface area contributed by atoms with E-state index in [4.69, 9.17) is 16.3 Å². The first-order chi connectivity index (χ1) is 13.0. The number of methoxy groups -OCH3 is 1. The van der Waals surface area contributed by atoms with Crippen LogP contribution in [-0.2, 0) is 4.79 Å². The highest BCUT2D eigenvalue weighted by molar-refractivity contribution is 6.31. The molecule has 3 rings (SSSR count). The molecular weight excluding hydrogens is 368 g/mol. The van der Waals surface area contributed by atoms with E-state index in [1.807, 2.05) is 12.1 Å². The molecule has 138 valence electrons. The van der Waals surface area contributed by atoms with Gasteiger partial charge >= 0.3 is 6.03 Å². The van der Waals surface area contributed by atoms with Crippen LogP contribution in [0.5, 0.6) is 5.75 Å². The summed E-state index contributed by atoms with van der Waals surface area (Å²) in [5, 5.41) is 5.70. The van der Waals surface area contributed by atoms with Crippen molar-refractivity contribution in [2.75, 3.05) is 19.5 Å². The summed E-state index contributed by atoms with van der Waals surface area (Å²) in [6, 6.07) is 13.4. The van der Waals surface area contributed by atoms with Gasteiger partial charge in [-0.2, -0.15) is 4.99 Å². The number of aliphatic imine (C=N–C) groups is 1. The van der Waals surface area contributed by atoms with Crippen LogP contribution in [-0.4, -0.2) is 37.0 Å². The number of ether oxygens (including phenoxy) is 1. The van der Waals surface area contributed by atoms with Crippen LogP contribution < -0.4 is 15.4 Å². The number of urea groups is 1. The van der Waals surface area contributed by atoms with Gasteiger partial charge in [-0.15, -0.1) is 0 Å². The lowest BCUT2D eigenvalue weighted by Crippen LogP contribution is -2.41. The predicted octanol–water partition coefficient (Wildman–Crippen LogP) is 3.34. The minimum Gasteiger partial charge on any atom is -0.497 e. The van der Waals surface area contributed by atoms with E-state index in [2.05, 4.69) is 15.6 Å². The zero-order chi connectivity index (χ0) is 19.4. The number of carbonyl (C=O) groups excluding carboxylic acids is 2. The summed E-state index contributed by atoms with van der Waals surface area (Å²) in [5.41, 5.74) is 1.69. The summed E-state index contributed by atoms with van der Waals surface area (Å²) in [6.45, 7) is 0. The van der Waals surface area contributed by atoms with Gasteiger partial charge in [0, 0.05) is 17.8 Å². The van der Waals surface area contributed by atoms with Crippen LogP contribution in [0.2, 0.25) is 5.02 Å². The van der Waals surface area contributed by atoms with Gasteiger partial charge in [0.05, 0.1) is 7.11 Å². The summed E-state index contributed by atoms with van der Waals surface area (Å²) < 4.78 is 5.12. The predicted molar refractivity (Wildman–Crippen MR) is 105 cm³/mol. The molecule has 0 unspecified atom stereocenters. The lowest BCUT2D eigenvalue weighted by atomic mass is 10.2. The van der Waals surface area contributed by atoms with Crippen LogP contribution in [0, 0.1) is 0 Å². The van der Waals surface area contributed by atoms with Crippen molar-refractivity contribution < 1.29 is 14.3 Å². The number of hydrogen-bond donors (Lipinski definition) is 2. The maximum Gasteiger partial charge on any atom is 0.326 e. The average molecular weight is 385 g/mol. The topological polar surface area (TPSA) is 83.0 Å². The summed E-state index contributed by atoms with van der Waals surface area (Å²) in [5.74, 6) is 0.421. The molecule has 0 saturated heterocycles. The Balaban J connectivity index is 1.69. The maximum atomic E-state index is 12.2. The van der Waals surface area contributed by atoms with Crippen molar-refractivity contribution in [2.45, 2.75) is 0 Å². The van der Waals surface area contributed by atoms with Gasteiger partial charge in [-0.05, 0) is 42.0 Å². The summed E-state index contributed by atoms with van der Waals surface area (Å²) in [6.07, 6.45) is 1.69. The van der Waals surface area contributed by atoms with E-state index >= 15 is 0 Å². The second-order valence-corrected chi connectivity index (χ2v) is 6.13. The molecular formula is C19H17ClN4O3. The Bertz CT molecular complexity index is 938. The van der Waals surface area contributed by atoms with Crippen LogP contribution >= 0.6 is 11.6 Å². The minimum absolute atomic E-state index is 0.138. The van der Waals surface area contributed by atoms with Gasteiger partial charge in [0.25, 0.3) is 5.91 Å². The van der Waals surface area contributed by atoms with Crippen LogP contribution in [0.4, 0.5) is 10.5 Å². The van der Waals surface area contributed by atoms with E-state index in [-0.39, 0.29) is 5.96 Å². The highest BCUT2D eigenvalue weighted by Crippen LogP contribution is 2.19. The molecule has 27 heavy (non-hydrogen) atoms. The second-order valence-electron chi connectivity index (χ2n) is 5.69. The van der Waals surface area contributed by atoms with Crippen LogP contribution in [0.15, 0.2) is 59.2 Å². The zero-order valence-corrected chi connectivity index (χ0v) is 15.4. The molecule has 0 aliphatic carbocycles. The fourth-order valence-corrected chi connectivity index (χ4v) is 2.63. The first-order valence-electron chi connectivity index (χ1n) is 8.02. The third-order valence-corrected chi connectivity index (χ3v) is 4.07. The molecule has 8 heteroatoms. The number of nitrogens with one attached hydrogen (secondary N) is 2. The van der Waals surface area contributed by atoms with E-state index in [1.165, 1.54) is 4.90 Å². The number of likely N-dealkylation sites (N-methyl/N-ethyl adjacent to an activating group) is 1. The molecule has 1 aliphatic rings. The van der Waals surface area contributed by atoms with Crippen molar-refractivity contribution in [3.05, 3.63) is 64.8 Å². The lowest BCUT2D eigenvalue weighted by molar-refractivity contribution is -0.114. The number of nitrogens with zero attached hydrogens (tertiary/aromatic N) is 2. The van der Waals surface area contributed by atoms with Crippen LogP contribution in [0.1, 0.15) is 5.56 Å². The number of carbonyl (C=O) groups is 2. The Morgan fingerprint density at radius 3 is 2.59 bits per heavy atom. The molecule has 0 atom stereocenters. The normalized spacial score (nSPS) is 14.9. The number of amides is 3. The van der Waals surface area contributed by atoms with Crippen molar-refractivity contribution in [1.29, 1.82) is 0 Å². The van der Waals surface area contributed by atoms with Crippen LogP contribution in [0.3, 0.4) is 0 Å². The molecule has 3 amide bonds. The fraction of sp³-hybridized carbons (Fsp3) is 0.105. The van der Waals surface area contributed by atoms with Crippen molar-refractivity contribution in [3.63, 3.8) is 0 Å². The highest BCUT2D eigenvalue weighted by Gasteiger charge is 2.27. The van der Waals surface area contributed by atoms with E-state index in [1.54, 1.807) is 56.6 Å². The van der Waals surface area contributed by atoms with Gasteiger partial charge < -0.3 is 15.0 Å². The Kier molecular flexibility index (Phi) is 5.42. The largest absolute Gasteiger partial charge is 0.497 e. The van der Waals surface area contributed by atoms with E-state index in [0.717, 1.165) is 11.3 Å². The molecule has 7 nitrogen and oxygen atoms in total. The standard InChI is InChI=1S/C19H17ClN4O3/c1-24-16(10-12-6-8-15(27-2)9-7-12)17(25)22-18(24)23-19(26)21-14-5-3-4-13(20)11-14/h3-11H,1-2H3,(H2,21,22,23,25,26)/b16-10-. The monoisotopic (exact) mass is 384 g/mol. The number of guanidine groups is 1. The molecule has 0 aromatic heterocycles. The minimum atomic E-state index is -0.527. The smallest absolute Gasteiger partial charge is 0.326 e. The SMILES string of the molecule is COc1ccc(/C=C2/C(=O)N=C(NC(=O)Nc3cccc(Cl)c3)N2C)cc1. The number of anilines is 1. The summed E-state index contributed by atoms with van der Waals surface area (Å²) in [4.78, 5) is 29.8. The quantitative estimate of drug-likeness (QED) is 0.795. The highest BCUT2D eigenvalue weighted by atomic mass is 35.5. The van der Waals surface area contributed by atoms with E-state index < -0.39 is 11.9 Å². The Morgan fingerprint density at radius 1 is 1.19 bits per heavy atom. The molecule has 0 fully saturated rings. The Morgan fingerprint density at radius 2 is 1.93 bits per heavy atom. The number of rotatable bonds is 3. The van der Waals surface area contributed by atoms with E-state index in [0.29, 0.717) is 16.4 Å². The van der Waals surface area contributed by atoms with Gasteiger partial charge in [-0.25, -0.2) is 4.79 Å². The first kappa shape index (κ1) is 18.5. The number of benzene rings is 2. The Labute approximate surface area is 161 Å². The molecule has 0 spiro atoms. The molecule has 2 N–H and O–H groups in total. The molecule has 0 saturated carbocycles. The van der Waals surface area contributed by atoms with Crippen molar-refractivity contribution in [2.24, 2.45) is 4.99 Å². The lowest BCUT2D eigenvalue weighted by Gasteiger charge is -2.16. The summed E-state index contributed by atoms with van der Waals surface area (Å²) >= 11 is 5.89. The molecule has 1 aliphatic heterocycles. The van der Waals surface area contributed by atoms with Gasteiger partial charge in [-0.3, -0.25) is 10.1 Å². The second kappa shape index (κ2) is 7.92. The third kappa shape index (κ3) is 4.45.